The quantitative estimate of drug-likeness (QED) is 0.184. The van der Waals surface area contributed by atoms with E-state index in [2.05, 4.69) is 25.4 Å². The summed E-state index contributed by atoms with van der Waals surface area (Å²) in [7, 11) is 0. The molecule has 0 fully saturated rings. The van der Waals surface area contributed by atoms with Crippen molar-refractivity contribution in [3.63, 3.8) is 0 Å². The predicted octanol–water partition coefficient (Wildman–Crippen LogP) is 2.58. The smallest absolute Gasteiger partial charge is 0.350 e. The second kappa shape index (κ2) is 11.1. The molecule has 0 saturated heterocycles. The molecule has 0 radical (unpaired) electrons. The summed E-state index contributed by atoms with van der Waals surface area (Å²) in [5, 5.41) is 15.4. The maximum atomic E-state index is 12.8. The predicted molar refractivity (Wildman–Crippen MR) is 132 cm³/mol. The lowest BCUT2D eigenvalue weighted by Crippen LogP contribution is -2.18. The van der Waals surface area contributed by atoms with Gasteiger partial charge in [0, 0.05) is 29.7 Å². The zero-order valence-corrected chi connectivity index (χ0v) is 19.4. The van der Waals surface area contributed by atoms with Crippen molar-refractivity contribution in [2.24, 2.45) is 5.73 Å². The summed E-state index contributed by atoms with van der Waals surface area (Å²) in [5.41, 5.74) is 6.92. The molecule has 0 amide bonds. The van der Waals surface area contributed by atoms with E-state index in [-0.39, 0.29) is 24.2 Å². The standard InChI is InChI=1S/C24H25FN8O3/c1-2-35-18-12-16(13-19(14-18)36-11-8-25)20(30-17-6-4-15(5-7-17)21(26)27)22-31-24(34)33(32-22)23-28-9-3-10-29-23/h3-7,9-10,12-14,20,30H,2,8,11H2,1H3,(H3,26,27)(H,31,32,34). The molecular formula is C24H25FN8O3. The van der Waals surface area contributed by atoms with Crippen LogP contribution in [0, 0.1) is 5.41 Å². The summed E-state index contributed by atoms with van der Waals surface area (Å²) in [6.07, 6.45) is 3.02. The zero-order chi connectivity index (χ0) is 25.5. The Balaban J connectivity index is 1.79. The van der Waals surface area contributed by atoms with E-state index in [0.717, 1.165) is 4.68 Å². The molecule has 0 saturated carbocycles. The number of benzene rings is 2. The van der Waals surface area contributed by atoms with Crippen LogP contribution in [0.15, 0.2) is 65.7 Å². The fourth-order valence-electron chi connectivity index (χ4n) is 3.48. The molecule has 0 bridgehead atoms. The zero-order valence-electron chi connectivity index (χ0n) is 19.4. The van der Waals surface area contributed by atoms with E-state index in [4.69, 9.17) is 20.6 Å². The van der Waals surface area contributed by atoms with Gasteiger partial charge in [-0.1, -0.05) is 0 Å². The fourth-order valence-corrected chi connectivity index (χ4v) is 3.48. The number of ether oxygens (including phenoxy) is 2. The fraction of sp³-hybridized carbons (Fsp3) is 0.208. The van der Waals surface area contributed by atoms with Crippen LogP contribution < -0.4 is 26.2 Å². The average Bonchev–Trinajstić information content (AvgIpc) is 3.28. The van der Waals surface area contributed by atoms with Gasteiger partial charge in [-0.15, -0.1) is 9.78 Å². The molecule has 0 aliphatic rings. The van der Waals surface area contributed by atoms with E-state index in [1.807, 2.05) is 6.92 Å². The number of hydrogen-bond acceptors (Lipinski definition) is 8. The van der Waals surface area contributed by atoms with Crippen LogP contribution >= 0.6 is 0 Å². The van der Waals surface area contributed by atoms with Crippen molar-refractivity contribution in [2.45, 2.75) is 13.0 Å². The topological polar surface area (TPSA) is 157 Å². The minimum absolute atomic E-state index is 0.0527. The van der Waals surface area contributed by atoms with Crippen molar-refractivity contribution >= 4 is 11.5 Å². The highest BCUT2D eigenvalue weighted by atomic mass is 19.1. The first-order valence-corrected chi connectivity index (χ1v) is 11.1. The largest absolute Gasteiger partial charge is 0.494 e. The van der Waals surface area contributed by atoms with Crippen LogP contribution in [-0.4, -0.2) is 50.5 Å². The van der Waals surface area contributed by atoms with Gasteiger partial charge in [0.2, 0.25) is 0 Å². The van der Waals surface area contributed by atoms with Crippen molar-refractivity contribution in [2.75, 3.05) is 25.2 Å². The SMILES string of the molecule is CCOc1cc(OCCF)cc(C(Nc2ccc(C(=N)N)cc2)c2nn(-c3ncccn3)c(=O)[nH]2)c1. The Kier molecular flexibility index (Phi) is 7.54. The molecular weight excluding hydrogens is 467 g/mol. The van der Waals surface area contributed by atoms with Crippen LogP contribution in [0.1, 0.15) is 29.9 Å². The van der Waals surface area contributed by atoms with E-state index in [1.54, 1.807) is 48.5 Å². The summed E-state index contributed by atoms with van der Waals surface area (Å²) >= 11 is 0. The molecule has 12 heteroatoms. The number of H-pyrrole nitrogens is 1. The van der Waals surface area contributed by atoms with Gasteiger partial charge in [0.05, 0.1) is 6.61 Å². The summed E-state index contributed by atoms with van der Waals surface area (Å²) in [5.74, 6) is 1.25. The van der Waals surface area contributed by atoms with E-state index < -0.39 is 18.4 Å². The monoisotopic (exact) mass is 492 g/mol. The molecule has 0 aliphatic carbocycles. The molecule has 0 spiro atoms. The van der Waals surface area contributed by atoms with E-state index in [1.165, 1.54) is 12.4 Å². The lowest BCUT2D eigenvalue weighted by atomic mass is 10.0. The van der Waals surface area contributed by atoms with Gasteiger partial charge in [-0.05, 0) is 55.0 Å². The first-order chi connectivity index (χ1) is 17.5. The van der Waals surface area contributed by atoms with Crippen LogP contribution in [0.3, 0.4) is 0 Å². The third-order valence-electron chi connectivity index (χ3n) is 5.05. The van der Waals surface area contributed by atoms with Crippen molar-refractivity contribution < 1.29 is 13.9 Å². The Morgan fingerprint density at radius 2 is 1.86 bits per heavy atom. The lowest BCUT2D eigenvalue weighted by molar-refractivity contribution is 0.270. The number of rotatable bonds is 11. The number of alkyl halides is 1. The Morgan fingerprint density at radius 3 is 2.50 bits per heavy atom. The molecule has 2 heterocycles. The number of aromatic amines is 1. The van der Waals surface area contributed by atoms with Gasteiger partial charge in [-0.2, -0.15) is 0 Å². The van der Waals surface area contributed by atoms with Gasteiger partial charge < -0.3 is 20.5 Å². The van der Waals surface area contributed by atoms with Gasteiger partial charge >= 0.3 is 5.69 Å². The number of nitrogens with zero attached hydrogens (tertiary/aromatic N) is 4. The normalized spacial score (nSPS) is 11.6. The first kappa shape index (κ1) is 24.4. The third kappa shape index (κ3) is 5.66. The minimum atomic E-state index is -0.682. The Labute approximate surface area is 205 Å². The molecule has 4 aromatic rings. The second-order valence-electron chi connectivity index (χ2n) is 7.55. The van der Waals surface area contributed by atoms with E-state index >= 15 is 0 Å². The number of nitrogens with two attached hydrogens (primary N) is 1. The van der Waals surface area contributed by atoms with Crippen molar-refractivity contribution in [3.8, 4) is 17.4 Å². The average molecular weight is 493 g/mol. The lowest BCUT2D eigenvalue weighted by Gasteiger charge is -2.20. The number of amidine groups is 1. The van der Waals surface area contributed by atoms with Crippen molar-refractivity contribution in [3.05, 3.63) is 88.4 Å². The van der Waals surface area contributed by atoms with Crippen molar-refractivity contribution in [1.29, 1.82) is 5.41 Å². The van der Waals surface area contributed by atoms with Gasteiger partial charge in [-0.3, -0.25) is 10.4 Å². The van der Waals surface area contributed by atoms with Crippen LogP contribution in [0.4, 0.5) is 10.1 Å². The highest BCUT2D eigenvalue weighted by Crippen LogP contribution is 2.31. The molecule has 2 aromatic heterocycles. The summed E-state index contributed by atoms with van der Waals surface area (Å²) in [4.78, 5) is 23.7. The number of nitrogens with one attached hydrogen (secondary N) is 3. The molecule has 2 aromatic carbocycles. The molecule has 1 atom stereocenters. The number of nitrogen functional groups attached to an aromatic ring is 1. The molecule has 36 heavy (non-hydrogen) atoms. The van der Waals surface area contributed by atoms with Gasteiger partial charge in [-0.25, -0.2) is 19.2 Å². The van der Waals surface area contributed by atoms with E-state index in [0.29, 0.717) is 34.9 Å². The molecule has 5 N–H and O–H groups in total. The number of halogens is 1. The van der Waals surface area contributed by atoms with Crippen LogP contribution in [-0.2, 0) is 0 Å². The Morgan fingerprint density at radius 1 is 1.17 bits per heavy atom. The second-order valence-corrected chi connectivity index (χ2v) is 7.55. The van der Waals surface area contributed by atoms with Crippen molar-refractivity contribution in [1.82, 2.24) is 24.7 Å². The van der Waals surface area contributed by atoms with Gasteiger partial charge in [0.25, 0.3) is 5.95 Å². The van der Waals surface area contributed by atoms with E-state index in [9.17, 15) is 9.18 Å². The highest BCUT2D eigenvalue weighted by molar-refractivity contribution is 5.95. The van der Waals surface area contributed by atoms with Gasteiger partial charge in [0.1, 0.15) is 36.7 Å². The summed E-state index contributed by atoms with van der Waals surface area (Å²) < 4.78 is 25.1. The molecule has 4 rings (SSSR count). The minimum Gasteiger partial charge on any atom is -0.494 e. The van der Waals surface area contributed by atoms with Crippen LogP contribution in [0.2, 0.25) is 0 Å². The molecule has 186 valence electrons. The highest BCUT2D eigenvalue weighted by Gasteiger charge is 2.23. The first-order valence-electron chi connectivity index (χ1n) is 11.1. The Bertz CT molecular complexity index is 1370. The maximum Gasteiger partial charge on any atom is 0.350 e. The molecule has 11 nitrogen and oxygen atoms in total. The third-order valence-corrected chi connectivity index (χ3v) is 5.05. The van der Waals surface area contributed by atoms with Crippen LogP contribution in [0.25, 0.3) is 5.95 Å². The van der Waals surface area contributed by atoms with Crippen LogP contribution in [0.5, 0.6) is 11.5 Å². The maximum absolute atomic E-state index is 12.8. The summed E-state index contributed by atoms with van der Waals surface area (Å²) in [6.45, 7) is 1.50. The number of hydrogen-bond donors (Lipinski definition) is 4. The summed E-state index contributed by atoms with van der Waals surface area (Å²) in [6, 6.07) is 13.0. The molecule has 0 aliphatic heterocycles. The molecule has 1 unspecified atom stereocenters. The van der Waals surface area contributed by atoms with Gasteiger partial charge in [0.15, 0.2) is 5.82 Å². The number of anilines is 1. The Hall–Kier alpha value is -4.74. The number of aromatic nitrogens is 5.